The van der Waals surface area contributed by atoms with Gasteiger partial charge in [-0.2, -0.15) is 0 Å². The van der Waals surface area contributed by atoms with E-state index >= 15 is 0 Å². The van der Waals surface area contributed by atoms with E-state index in [1.54, 1.807) is 0 Å². The molecule has 0 bridgehead atoms. The third-order valence-corrected chi connectivity index (χ3v) is 2.35. The van der Waals surface area contributed by atoms with Gasteiger partial charge in [-0.25, -0.2) is 0 Å². The van der Waals surface area contributed by atoms with Crippen molar-refractivity contribution in [3.05, 3.63) is 35.9 Å². The molecule has 0 amide bonds. The summed E-state index contributed by atoms with van der Waals surface area (Å²) < 4.78 is 5.23. The normalized spacial score (nSPS) is 10.8. The van der Waals surface area contributed by atoms with Crippen molar-refractivity contribution in [2.45, 2.75) is 39.2 Å². The second-order valence-electron chi connectivity index (χ2n) is 4.45. The van der Waals surface area contributed by atoms with Gasteiger partial charge in [-0.05, 0) is 33.3 Å². The Bertz CT molecular complexity index is 331. The molecule has 0 atom stereocenters. The number of hydrogen-bond donors (Lipinski definition) is 0. The summed E-state index contributed by atoms with van der Waals surface area (Å²) in [6.45, 7) is 7.48. The summed E-state index contributed by atoms with van der Waals surface area (Å²) in [4.78, 5) is 11.9. The fourth-order valence-corrected chi connectivity index (χ4v) is 1.33. The van der Waals surface area contributed by atoms with Crippen molar-refractivity contribution in [1.82, 2.24) is 0 Å². The zero-order valence-electron chi connectivity index (χ0n) is 10.2. The Kier molecular flexibility index (Phi) is 5.52. The summed E-state index contributed by atoms with van der Waals surface area (Å²) in [7, 11) is 0. The number of esters is 1. The summed E-state index contributed by atoms with van der Waals surface area (Å²) >= 11 is 0. The minimum absolute atomic E-state index is 0. The SMILES string of the molecule is CC(C)OC(=O)C(C)(C)c1ccccc1.Cl. The molecule has 3 heteroatoms. The Morgan fingerprint density at radius 1 is 1.19 bits per heavy atom. The van der Waals surface area contributed by atoms with Crippen molar-refractivity contribution in [3.63, 3.8) is 0 Å². The lowest BCUT2D eigenvalue weighted by Crippen LogP contribution is -2.32. The number of rotatable bonds is 3. The molecular weight excluding hydrogens is 224 g/mol. The molecule has 2 nitrogen and oxygen atoms in total. The Morgan fingerprint density at radius 3 is 2.12 bits per heavy atom. The van der Waals surface area contributed by atoms with Gasteiger partial charge in [-0.1, -0.05) is 30.3 Å². The predicted octanol–water partition coefficient (Wildman–Crippen LogP) is 3.34. The average molecular weight is 243 g/mol. The first kappa shape index (κ1) is 15.0. The molecule has 90 valence electrons. The maximum absolute atomic E-state index is 11.9. The van der Waals surface area contributed by atoms with E-state index < -0.39 is 5.41 Å². The van der Waals surface area contributed by atoms with Crippen molar-refractivity contribution < 1.29 is 9.53 Å². The second-order valence-corrected chi connectivity index (χ2v) is 4.45. The van der Waals surface area contributed by atoms with Gasteiger partial charge >= 0.3 is 5.97 Å². The third kappa shape index (κ3) is 3.53. The molecule has 1 rings (SSSR count). The summed E-state index contributed by atoms with van der Waals surface area (Å²) in [6, 6.07) is 9.69. The van der Waals surface area contributed by atoms with Crippen LogP contribution in [0.3, 0.4) is 0 Å². The molecule has 0 N–H and O–H groups in total. The summed E-state index contributed by atoms with van der Waals surface area (Å²) in [6.07, 6.45) is -0.0690. The highest BCUT2D eigenvalue weighted by atomic mass is 35.5. The number of carbonyl (C=O) groups is 1. The summed E-state index contributed by atoms with van der Waals surface area (Å²) in [5, 5.41) is 0. The van der Waals surface area contributed by atoms with Gasteiger partial charge in [0.05, 0.1) is 11.5 Å². The topological polar surface area (TPSA) is 26.3 Å². The van der Waals surface area contributed by atoms with Crippen LogP contribution in [0.1, 0.15) is 33.3 Å². The molecule has 1 aromatic carbocycles. The summed E-state index contributed by atoms with van der Waals surface area (Å²) in [5.74, 6) is -0.177. The Hall–Kier alpha value is -1.02. The Labute approximate surface area is 103 Å². The number of ether oxygens (including phenoxy) is 1. The van der Waals surface area contributed by atoms with Crippen molar-refractivity contribution in [2.75, 3.05) is 0 Å². The van der Waals surface area contributed by atoms with Crippen LogP contribution in [-0.2, 0) is 14.9 Å². The van der Waals surface area contributed by atoms with Crippen LogP contribution in [0.4, 0.5) is 0 Å². The lowest BCUT2D eigenvalue weighted by Gasteiger charge is -2.24. The van der Waals surface area contributed by atoms with E-state index in [4.69, 9.17) is 4.74 Å². The van der Waals surface area contributed by atoms with Crippen LogP contribution >= 0.6 is 12.4 Å². The number of carbonyl (C=O) groups excluding carboxylic acids is 1. The lowest BCUT2D eigenvalue weighted by molar-refractivity contribution is -0.153. The molecule has 0 unspecified atom stereocenters. The maximum Gasteiger partial charge on any atom is 0.316 e. The largest absolute Gasteiger partial charge is 0.462 e. The minimum atomic E-state index is -0.578. The van der Waals surface area contributed by atoms with Crippen molar-refractivity contribution in [1.29, 1.82) is 0 Å². The Morgan fingerprint density at radius 2 is 1.69 bits per heavy atom. The van der Waals surface area contributed by atoms with Gasteiger partial charge in [-0.3, -0.25) is 4.79 Å². The van der Waals surface area contributed by atoms with Crippen LogP contribution < -0.4 is 0 Å². The second kappa shape index (κ2) is 5.90. The smallest absolute Gasteiger partial charge is 0.316 e. The molecule has 0 fully saturated rings. The van der Waals surface area contributed by atoms with Crippen molar-refractivity contribution in [2.24, 2.45) is 0 Å². The molecule has 1 aromatic rings. The number of hydrogen-bond acceptors (Lipinski definition) is 2. The first-order chi connectivity index (χ1) is 6.94. The molecule has 0 aliphatic rings. The molecule has 0 radical (unpaired) electrons. The first-order valence-corrected chi connectivity index (χ1v) is 5.21. The van der Waals surface area contributed by atoms with Gasteiger partial charge < -0.3 is 4.74 Å². The van der Waals surface area contributed by atoms with Gasteiger partial charge in [0.25, 0.3) is 0 Å². The van der Waals surface area contributed by atoms with E-state index in [2.05, 4.69) is 0 Å². The van der Waals surface area contributed by atoms with Crippen LogP contribution in [0, 0.1) is 0 Å². The molecule has 0 aromatic heterocycles. The molecule has 0 aliphatic heterocycles. The molecule has 0 saturated carbocycles. The van der Waals surface area contributed by atoms with Crippen LogP contribution in [0.25, 0.3) is 0 Å². The maximum atomic E-state index is 11.9. The predicted molar refractivity (Wildman–Crippen MR) is 67.9 cm³/mol. The highest BCUT2D eigenvalue weighted by molar-refractivity contribution is 5.85. The highest BCUT2D eigenvalue weighted by Crippen LogP contribution is 2.24. The fourth-order valence-electron chi connectivity index (χ4n) is 1.33. The molecule has 0 heterocycles. The van der Waals surface area contributed by atoms with Crippen LogP contribution in [0.2, 0.25) is 0 Å². The van der Waals surface area contributed by atoms with E-state index in [1.807, 2.05) is 58.0 Å². The molecule has 0 saturated heterocycles. The third-order valence-electron chi connectivity index (χ3n) is 2.35. The first-order valence-electron chi connectivity index (χ1n) is 5.21. The average Bonchev–Trinajstić information content (AvgIpc) is 2.18. The van der Waals surface area contributed by atoms with Crippen molar-refractivity contribution in [3.8, 4) is 0 Å². The molecule has 0 aliphatic carbocycles. The molecular formula is C13H19ClO2. The lowest BCUT2D eigenvalue weighted by atomic mass is 9.85. The molecule has 0 spiro atoms. The van der Waals surface area contributed by atoms with Gasteiger partial charge in [-0.15, -0.1) is 12.4 Å². The highest BCUT2D eigenvalue weighted by Gasteiger charge is 2.31. The fraction of sp³-hybridized carbons (Fsp3) is 0.462. The number of benzene rings is 1. The van der Waals surface area contributed by atoms with Gasteiger partial charge in [0.15, 0.2) is 0 Å². The van der Waals surface area contributed by atoms with Gasteiger partial charge in [0.1, 0.15) is 0 Å². The summed E-state index contributed by atoms with van der Waals surface area (Å²) in [5.41, 5.74) is 0.404. The van der Waals surface area contributed by atoms with E-state index in [0.29, 0.717) is 0 Å². The van der Waals surface area contributed by atoms with E-state index in [1.165, 1.54) is 0 Å². The zero-order chi connectivity index (χ0) is 11.5. The quantitative estimate of drug-likeness (QED) is 0.760. The van der Waals surface area contributed by atoms with E-state index in [9.17, 15) is 4.79 Å². The van der Waals surface area contributed by atoms with Gasteiger partial charge in [0.2, 0.25) is 0 Å². The molecule has 16 heavy (non-hydrogen) atoms. The van der Waals surface area contributed by atoms with E-state index in [-0.39, 0.29) is 24.5 Å². The van der Waals surface area contributed by atoms with Crippen LogP contribution in [0.5, 0.6) is 0 Å². The van der Waals surface area contributed by atoms with Crippen LogP contribution in [0.15, 0.2) is 30.3 Å². The monoisotopic (exact) mass is 242 g/mol. The van der Waals surface area contributed by atoms with Crippen LogP contribution in [-0.4, -0.2) is 12.1 Å². The minimum Gasteiger partial charge on any atom is -0.462 e. The van der Waals surface area contributed by atoms with Gasteiger partial charge in [0, 0.05) is 0 Å². The number of halogens is 1. The van der Waals surface area contributed by atoms with Crippen molar-refractivity contribution >= 4 is 18.4 Å². The van der Waals surface area contributed by atoms with E-state index in [0.717, 1.165) is 5.56 Å². The standard InChI is InChI=1S/C13H18O2.ClH/c1-10(2)15-12(14)13(3,4)11-8-6-5-7-9-11;/h5-10H,1-4H3;1H. The zero-order valence-corrected chi connectivity index (χ0v) is 11.0. The Balaban J connectivity index is 0.00000225.